The minimum Gasteiger partial charge on any atom is -0.352 e. The van der Waals surface area contributed by atoms with Gasteiger partial charge in [0, 0.05) is 32.2 Å². The van der Waals surface area contributed by atoms with Gasteiger partial charge in [0.15, 0.2) is 5.96 Å². The zero-order chi connectivity index (χ0) is 13.4. The van der Waals surface area contributed by atoms with Crippen LogP contribution in [0.15, 0.2) is 29.3 Å². The zero-order valence-electron chi connectivity index (χ0n) is 11.8. The molecule has 1 rings (SSSR count). The molecule has 0 fully saturated rings. The van der Waals surface area contributed by atoms with Crippen LogP contribution in [0.25, 0.3) is 0 Å². The van der Waals surface area contributed by atoms with E-state index in [4.69, 9.17) is 11.6 Å². The molecule has 0 spiro atoms. The smallest absolute Gasteiger partial charge is 0.193 e. The number of unbranched alkanes of at least 4 members (excludes halogenated alkanes) is 1. The van der Waals surface area contributed by atoms with Gasteiger partial charge in [-0.2, -0.15) is 0 Å². The van der Waals surface area contributed by atoms with Crippen molar-refractivity contribution in [2.24, 2.45) is 4.99 Å². The molecule has 0 saturated carbocycles. The van der Waals surface area contributed by atoms with Crippen molar-refractivity contribution >= 4 is 41.5 Å². The molecule has 0 radical (unpaired) electrons. The van der Waals surface area contributed by atoms with E-state index in [0.717, 1.165) is 23.1 Å². The van der Waals surface area contributed by atoms with Crippen molar-refractivity contribution in [2.75, 3.05) is 20.6 Å². The van der Waals surface area contributed by atoms with Crippen molar-refractivity contribution in [3.63, 3.8) is 0 Å². The van der Waals surface area contributed by atoms with Gasteiger partial charge in [-0.1, -0.05) is 43.1 Å². The van der Waals surface area contributed by atoms with Crippen LogP contribution in [0.2, 0.25) is 5.02 Å². The molecular formula is C14H23ClIN3. The summed E-state index contributed by atoms with van der Waals surface area (Å²) in [6.45, 7) is 3.90. The van der Waals surface area contributed by atoms with Gasteiger partial charge in [-0.15, -0.1) is 24.0 Å². The summed E-state index contributed by atoms with van der Waals surface area (Å²) < 4.78 is 0. The lowest BCUT2D eigenvalue weighted by Crippen LogP contribution is -2.39. The SMILES string of the molecule is CCCCN(C)C(=NC)NCc1ccccc1Cl.I. The summed E-state index contributed by atoms with van der Waals surface area (Å²) >= 11 is 6.12. The molecule has 1 N–H and O–H groups in total. The van der Waals surface area contributed by atoms with Crippen molar-refractivity contribution in [2.45, 2.75) is 26.3 Å². The minimum atomic E-state index is 0. The number of nitrogens with one attached hydrogen (secondary N) is 1. The summed E-state index contributed by atoms with van der Waals surface area (Å²) in [7, 11) is 3.86. The minimum absolute atomic E-state index is 0. The van der Waals surface area contributed by atoms with E-state index in [1.807, 2.05) is 24.3 Å². The summed E-state index contributed by atoms with van der Waals surface area (Å²) in [4.78, 5) is 6.41. The third-order valence-corrected chi connectivity index (χ3v) is 3.18. The fourth-order valence-corrected chi connectivity index (χ4v) is 1.90. The summed E-state index contributed by atoms with van der Waals surface area (Å²) in [5.74, 6) is 0.906. The van der Waals surface area contributed by atoms with E-state index < -0.39 is 0 Å². The van der Waals surface area contributed by atoms with Crippen molar-refractivity contribution in [3.05, 3.63) is 34.9 Å². The molecule has 0 aromatic heterocycles. The fourth-order valence-electron chi connectivity index (χ4n) is 1.70. The summed E-state index contributed by atoms with van der Waals surface area (Å²) in [6, 6.07) is 7.86. The van der Waals surface area contributed by atoms with E-state index >= 15 is 0 Å². The van der Waals surface area contributed by atoms with Crippen molar-refractivity contribution in [3.8, 4) is 0 Å². The normalized spacial score (nSPS) is 10.8. The van der Waals surface area contributed by atoms with Gasteiger partial charge in [-0.25, -0.2) is 0 Å². The van der Waals surface area contributed by atoms with Gasteiger partial charge >= 0.3 is 0 Å². The second-order valence-corrected chi connectivity index (χ2v) is 4.67. The molecule has 0 amide bonds. The van der Waals surface area contributed by atoms with Crippen LogP contribution in [0.4, 0.5) is 0 Å². The Kier molecular flexibility index (Phi) is 10.0. The molecule has 0 heterocycles. The first-order valence-corrected chi connectivity index (χ1v) is 6.72. The third-order valence-electron chi connectivity index (χ3n) is 2.82. The quantitative estimate of drug-likeness (QED) is 0.467. The second-order valence-electron chi connectivity index (χ2n) is 4.27. The van der Waals surface area contributed by atoms with Crippen LogP contribution >= 0.6 is 35.6 Å². The van der Waals surface area contributed by atoms with Crippen LogP contribution in [-0.2, 0) is 6.54 Å². The number of aliphatic imine (C=N–C) groups is 1. The standard InChI is InChI=1S/C14H22ClN3.HI/c1-4-5-10-18(3)14(16-2)17-11-12-8-6-7-9-13(12)15;/h6-9H,4-5,10-11H2,1-3H3,(H,16,17);1H. The first-order valence-electron chi connectivity index (χ1n) is 6.34. The van der Waals surface area contributed by atoms with Crippen LogP contribution in [0, 0.1) is 0 Å². The predicted molar refractivity (Wildman–Crippen MR) is 94.6 cm³/mol. The Morgan fingerprint density at radius 2 is 2.05 bits per heavy atom. The maximum atomic E-state index is 6.12. The molecule has 0 unspecified atom stereocenters. The highest BCUT2D eigenvalue weighted by atomic mass is 127. The monoisotopic (exact) mass is 395 g/mol. The molecule has 0 saturated heterocycles. The third kappa shape index (κ3) is 6.47. The lowest BCUT2D eigenvalue weighted by atomic mass is 10.2. The van der Waals surface area contributed by atoms with Crippen molar-refractivity contribution < 1.29 is 0 Å². The highest BCUT2D eigenvalue weighted by molar-refractivity contribution is 14.0. The number of nitrogens with zero attached hydrogens (tertiary/aromatic N) is 2. The lowest BCUT2D eigenvalue weighted by molar-refractivity contribution is 0.464. The average Bonchev–Trinajstić information content (AvgIpc) is 2.39. The first-order chi connectivity index (χ1) is 8.69. The molecule has 0 aliphatic heterocycles. The van der Waals surface area contributed by atoms with Crippen LogP contribution in [-0.4, -0.2) is 31.5 Å². The summed E-state index contributed by atoms with van der Waals surface area (Å²) in [5, 5.41) is 4.12. The number of hydrogen-bond donors (Lipinski definition) is 1. The average molecular weight is 396 g/mol. The molecule has 0 aliphatic rings. The van der Waals surface area contributed by atoms with Gasteiger partial charge in [0.25, 0.3) is 0 Å². The fraction of sp³-hybridized carbons (Fsp3) is 0.500. The predicted octanol–water partition coefficient (Wildman–Crippen LogP) is 3.77. The lowest BCUT2D eigenvalue weighted by Gasteiger charge is -2.22. The Morgan fingerprint density at radius 3 is 2.63 bits per heavy atom. The Bertz CT molecular complexity index is 396. The van der Waals surface area contributed by atoms with Gasteiger partial charge in [-0.05, 0) is 18.1 Å². The molecular weight excluding hydrogens is 373 g/mol. The Balaban J connectivity index is 0.00000324. The molecule has 0 aliphatic carbocycles. The van der Waals surface area contributed by atoms with Crippen LogP contribution in [0.5, 0.6) is 0 Å². The summed E-state index contributed by atoms with van der Waals surface area (Å²) in [5.41, 5.74) is 1.09. The highest BCUT2D eigenvalue weighted by Gasteiger charge is 2.05. The summed E-state index contributed by atoms with van der Waals surface area (Å²) in [6.07, 6.45) is 2.36. The molecule has 0 atom stereocenters. The van der Waals surface area contributed by atoms with Crippen LogP contribution in [0.1, 0.15) is 25.3 Å². The van der Waals surface area contributed by atoms with E-state index in [9.17, 15) is 0 Å². The largest absolute Gasteiger partial charge is 0.352 e. The van der Waals surface area contributed by atoms with E-state index in [1.54, 1.807) is 7.05 Å². The van der Waals surface area contributed by atoms with E-state index in [1.165, 1.54) is 12.8 Å². The molecule has 3 nitrogen and oxygen atoms in total. The van der Waals surface area contributed by atoms with Gasteiger partial charge in [0.05, 0.1) is 0 Å². The van der Waals surface area contributed by atoms with Gasteiger partial charge in [0.1, 0.15) is 0 Å². The number of guanidine groups is 1. The van der Waals surface area contributed by atoms with Crippen LogP contribution in [0.3, 0.4) is 0 Å². The molecule has 1 aromatic rings. The Hall–Kier alpha value is -0.490. The maximum absolute atomic E-state index is 6.12. The van der Waals surface area contributed by atoms with E-state index in [0.29, 0.717) is 6.54 Å². The molecule has 1 aromatic carbocycles. The topological polar surface area (TPSA) is 27.6 Å². The Morgan fingerprint density at radius 1 is 1.37 bits per heavy atom. The zero-order valence-corrected chi connectivity index (χ0v) is 14.9. The van der Waals surface area contributed by atoms with Gasteiger partial charge in [0.2, 0.25) is 0 Å². The first kappa shape index (κ1) is 18.5. The molecule has 19 heavy (non-hydrogen) atoms. The number of rotatable bonds is 5. The van der Waals surface area contributed by atoms with Gasteiger partial charge < -0.3 is 10.2 Å². The van der Waals surface area contributed by atoms with E-state index in [2.05, 4.69) is 29.2 Å². The second kappa shape index (κ2) is 10.3. The van der Waals surface area contributed by atoms with Gasteiger partial charge in [-0.3, -0.25) is 4.99 Å². The van der Waals surface area contributed by atoms with Crippen LogP contribution < -0.4 is 5.32 Å². The van der Waals surface area contributed by atoms with Crippen molar-refractivity contribution in [1.82, 2.24) is 10.2 Å². The molecule has 108 valence electrons. The number of benzene rings is 1. The van der Waals surface area contributed by atoms with E-state index in [-0.39, 0.29) is 24.0 Å². The molecule has 0 bridgehead atoms. The van der Waals surface area contributed by atoms with Crippen molar-refractivity contribution in [1.29, 1.82) is 0 Å². The molecule has 5 heteroatoms. The Labute approximate surface area is 138 Å². The number of halogens is 2. The maximum Gasteiger partial charge on any atom is 0.193 e. The number of hydrogen-bond acceptors (Lipinski definition) is 1. The highest BCUT2D eigenvalue weighted by Crippen LogP contribution is 2.14.